The minimum Gasteiger partial charge on any atom is -0.326 e. The van der Waals surface area contributed by atoms with Gasteiger partial charge in [-0.05, 0) is 21.0 Å². The van der Waals surface area contributed by atoms with Crippen LogP contribution in [0.2, 0.25) is 0 Å². The Morgan fingerprint density at radius 1 is 1.20 bits per heavy atom. The van der Waals surface area contributed by atoms with Gasteiger partial charge in [-0.15, -0.1) is 0 Å². The zero-order valence-electron chi connectivity index (χ0n) is 7.04. The van der Waals surface area contributed by atoms with Crippen LogP contribution in [0.25, 0.3) is 0 Å². The molecule has 0 spiro atoms. The summed E-state index contributed by atoms with van der Waals surface area (Å²) in [5, 5.41) is 0. The van der Waals surface area contributed by atoms with Crippen molar-refractivity contribution >= 4 is 6.98 Å². The summed E-state index contributed by atoms with van der Waals surface area (Å²) in [5.41, 5.74) is 0. The van der Waals surface area contributed by atoms with Gasteiger partial charge in [0.05, 0.1) is 0 Å². The van der Waals surface area contributed by atoms with Crippen LogP contribution in [0.4, 0.5) is 0 Å². The van der Waals surface area contributed by atoms with Crippen molar-refractivity contribution in [3.63, 3.8) is 0 Å². The molecule has 1 aliphatic heterocycles. The molecule has 1 rings (SSSR count). The van der Waals surface area contributed by atoms with E-state index in [4.69, 9.17) is 0 Å². The van der Waals surface area contributed by atoms with E-state index in [-0.39, 0.29) is 0 Å². The fourth-order valence-corrected chi connectivity index (χ4v) is 1.38. The molecule has 1 aliphatic rings. The molecule has 0 bridgehead atoms. The van der Waals surface area contributed by atoms with Crippen molar-refractivity contribution < 1.29 is 0 Å². The Balaban J connectivity index is 2.54. The molecule has 2 nitrogen and oxygen atoms in total. The van der Waals surface area contributed by atoms with E-state index in [1.807, 2.05) is 0 Å². The largest absolute Gasteiger partial charge is 0.337 e. The third-order valence-corrected chi connectivity index (χ3v) is 2.07. The Hall–Kier alpha value is -0.275. The van der Waals surface area contributed by atoms with Gasteiger partial charge in [-0.25, -0.2) is 0 Å². The van der Waals surface area contributed by atoms with E-state index < -0.39 is 0 Å². The molecule has 0 aromatic rings. The molecule has 3 heteroatoms. The molecule has 10 heavy (non-hydrogen) atoms. The van der Waals surface area contributed by atoms with Gasteiger partial charge in [0.1, 0.15) is 0 Å². The lowest BCUT2D eigenvalue weighted by molar-refractivity contribution is 0.553. The highest BCUT2D eigenvalue weighted by Gasteiger charge is 2.27. The molecule has 0 aliphatic carbocycles. The average Bonchev–Trinajstić information content (AvgIpc) is 2.20. The standard InChI is InChI=1S/C7H15BN2/c1-4-5-8-9(2)6-7-10(8)3/h4-5H,6-7H2,1-3H3/b5-4+. The Bertz CT molecular complexity index is 126. The van der Waals surface area contributed by atoms with Gasteiger partial charge in [0.25, 0.3) is 0 Å². The normalized spacial score (nSPS) is 23.3. The Labute approximate surface area is 63.6 Å². The first-order valence-electron chi connectivity index (χ1n) is 3.79. The lowest BCUT2D eigenvalue weighted by Gasteiger charge is -2.15. The van der Waals surface area contributed by atoms with Gasteiger partial charge in [-0.3, -0.25) is 0 Å². The van der Waals surface area contributed by atoms with E-state index in [9.17, 15) is 0 Å². The van der Waals surface area contributed by atoms with E-state index in [2.05, 4.69) is 42.7 Å². The van der Waals surface area contributed by atoms with Crippen LogP contribution in [0.15, 0.2) is 12.1 Å². The van der Waals surface area contributed by atoms with Crippen LogP contribution in [0.1, 0.15) is 6.92 Å². The molecule has 0 atom stereocenters. The molecular weight excluding hydrogens is 123 g/mol. The number of allylic oxidation sites excluding steroid dienone is 1. The Morgan fingerprint density at radius 3 is 2.10 bits per heavy atom. The summed E-state index contributed by atoms with van der Waals surface area (Å²) in [4.78, 5) is 4.69. The summed E-state index contributed by atoms with van der Waals surface area (Å²) in [6.07, 6.45) is 2.11. The van der Waals surface area contributed by atoms with Gasteiger partial charge in [0.15, 0.2) is 0 Å². The first-order valence-corrected chi connectivity index (χ1v) is 3.79. The maximum absolute atomic E-state index is 2.35. The second-order valence-corrected chi connectivity index (χ2v) is 2.90. The molecule has 0 unspecified atom stereocenters. The molecular formula is C7H15BN2. The maximum atomic E-state index is 2.35. The molecule has 0 aromatic heterocycles. The number of likely N-dealkylation sites (N-methyl/N-ethyl adjacent to an activating group) is 2. The molecule has 56 valence electrons. The second kappa shape index (κ2) is 3.22. The van der Waals surface area contributed by atoms with Crippen molar-refractivity contribution in [1.82, 2.24) is 9.62 Å². The summed E-state index contributed by atoms with van der Waals surface area (Å²) in [6.45, 7) is 4.97. The zero-order valence-corrected chi connectivity index (χ0v) is 7.04. The van der Waals surface area contributed by atoms with Crippen LogP contribution < -0.4 is 0 Å². The van der Waals surface area contributed by atoms with E-state index in [0.717, 1.165) is 0 Å². The van der Waals surface area contributed by atoms with Gasteiger partial charge in [0, 0.05) is 13.1 Å². The van der Waals surface area contributed by atoms with Gasteiger partial charge < -0.3 is 9.62 Å². The lowest BCUT2D eigenvalue weighted by Crippen LogP contribution is -2.38. The summed E-state index contributed by atoms with van der Waals surface area (Å²) in [7, 11) is 4.32. The summed E-state index contributed by atoms with van der Waals surface area (Å²) >= 11 is 0. The zero-order chi connectivity index (χ0) is 7.56. The molecule has 0 radical (unpaired) electrons. The third-order valence-electron chi connectivity index (χ3n) is 2.07. The van der Waals surface area contributed by atoms with Crippen molar-refractivity contribution in [2.75, 3.05) is 27.2 Å². The number of nitrogens with zero attached hydrogens (tertiary/aromatic N) is 2. The van der Waals surface area contributed by atoms with Crippen molar-refractivity contribution in [3.8, 4) is 0 Å². The third kappa shape index (κ3) is 1.41. The monoisotopic (exact) mass is 138 g/mol. The molecule has 0 N–H and O–H groups in total. The highest BCUT2D eigenvalue weighted by Crippen LogP contribution is 2.05. The number of hydrogen-bond donors (Lipinski definition) is 0. The van der Waals surface area contributed by atoms with Crippen LogP contribution >= 0.6 is 0 Å². The van der Waals surface area contributed by atoms with Crippen molar-refractivity contribution in [2.24, 2.45) is 0 Å². The molecule has 1 fully saturated rings. The molecule has 0 amide bonds. The van der Waals surface area contributed by atoms with Gasteiger partial charge in [0.2, 0.25) is 0 Å². The highest BCUT2D eigenvalue weighted by atomic mass is 15.3. The topological polar surface area (TPSA) is 6.48 Å². The quantitative estimate of drug-likeness (QED) is 0.486. The fraction of sp³-hybridized carbons (Fsp3) is 0.714. The van der Waals surface area contributed by atoms with Crippen molar-refractivity contribution in [3.05, 3.63) is 12.1 Å². The lowest BCUT2D eigenvalue weighted by atomic mass is 9.74. The van der Waals surface area contributed by atoms with Crippen LogP contribution in [0.5, 0.6) is 0 Å². The predicted molar refractivity (Wildman–Crippen MR) is 45.8 cm³/mol. The summed E-state index contributed by atoms with van der Waals surface area (Å²) < 4.78 is 0. The minimum absolute atomic E-state index is 0.532. The maximum Gasteiger partial charge on any atom is 0.337 e. The minimum atomic E-state index is 0.532. The smallest absolute Gasteiger partial charge is 0.326 e. The van der Waals surface area contributed by atoms with E-state index in [1.54, 1.807) is 0 Å². The van der Waals surface area contributed by atoms with E-state index in [0.29, 0.717) is 6.98 Å². The van der Waals surface area contributed by atoms with Crippen LogP contribution in [0, 0.1) is 0 Å². The average molecular weight is 138 g/mol. The highest BCUT2D eigenvalue weighted by molar-refractivity contribution is 6.59. The fourth-order valence-electron chi connectivity index (χ4n) is 1.38. The first kappa shape index (κ1) is 7.83. The van der Waals surface area contributed by atoms with E-state index in [1.165, 1.54) is 13.1 Å². The van der Waals surface area contributed by atoms with E-state index >= 15 is 0 Å². The molecule has 0 aromatic carbocycles. The van der Waals surface area contributed by atoms with Crippen molar-refractivity contribution in [1.29, 1.82) is 0 Å². The Kier molecular flexibility index (Phi) is 2.52. The molecule has 1 heterocycles. The van der Waals surface area contributed by atoms with Gasteiger partial charge in [-0.1, -0.05) is 12.1 Å². The number of rotatable bonds is 1. The molecule has 0 saturated carbocycles. The van der Waals surface area contributed by atoms with Crippen molar-refractivity contribution in [2.45, 2.75) is 6.92 Å². The molecule has 1 saturated heterocycles. The van der Waals surface area contributed by atoms with Crippen LogP contribution in [-0.2, 0) is 0 Å². The SMILES string of the molecule is C/C=C/B1N(C)CCN1C. The Morgan fingerprint density at radius 2 is 1.70 bits per heavy atom. The first-order chi connectivity index (χ1) is 4.75. The van der Waals surface area contributed by atoms with Gasteiger partial charge >= 0.3 is 6.98 Å². The summed E-state index contributed by atoms with van der Waals surface area (Å²) in [6, 6.07) is 0. The van der Waals surface area contributed by atoms with Gasteiger partial charge in [-0.2, -0.15) is 0 Å². The van der Waals surface area contributed by atoms with Crippen LogP contribution in [-0.4, -0.2) is 43.8 Å². The number of hydrogen-bond acceptors (Lipinski definition) is 2. The predicted octanol–water partition coefficient (Wildman–Crippen LogP) is 0.467. The second-order valence-electron chi connectivity index (χ2n) is 2.90. The van der Waals surface area contributed by atoms with Crippen LogP contribution in [0.3, 0.4) is 0 Å². The summed E-state index contributed by atoms with van der Waals surface area (Å²) in [5.74, 6) is 2.23.